The van der Waals surface area contributed by atoms with Gasteiger partial charge in [-0.1, -0.05) is 30.3 Å². The fourth-order valence-electron chi connectivity index (χ4n) is 3.01. The van der Waals surface area contributed by atoms with E-state index in [1.54, 1.807) is 16.9 Å². The van der Waals surface area contributed by atoms with Gasteiger partial charge in [0.2, 0.25) is 11.7 Å². The molecule has 4 nitrogen and oxygen atoms in total. The lowest BCUT2D eigenvalue weighted by atomic mass is 9.82. The standard InChI is InChI=1S/C18H20F2N2O2/c1-13(15-5-3-2-4-6-15)22-16(7-8-21-22)17(23)12-24-11-14-9-18(19,20)10-14/h2-8,13-14H,9-12H2,1H3/t13-/m1/s1. The van der Waals surface area contributed by atoms with Crippen molar-refractivity contribution >= 4 is 5.78 Å². The van der Waals surface area contributed by atoms with E-state index in [-0.39, 0.29) is 43.8 Å². The lowest BCUT2D eigenvalue weighted by molar-refractivity contribution is -0.126. The maximum Gasteiger partial charge on any atom is 0.248 e. The average molecular weight is 334 g/mol. The Hall–Kier alpha value is -2.08. The number of halogens is 2. The second-order valence-electron chi connectivity index (χ2n) is 6.32. The van der Waals surface area contributed by atoms with Crippen molar-refractivity contribution in [3.05, 3.63) is 53.9 Å². The van der Waals surface area contributed by atoms with E-state index >= 15 is 0 Å². The summed E-state index contributed by atoms with van der Waals surface area (Å²) in [5.41, 5.74) is 1.51. The number of alkyl halides is 2. The summed E-state index contributed by atoms with van der Waals surface area (Å²) >= 11 is 0. The molecule has 0 radical (unpaired) electrons. The summed E-state index contributed by atoms with van der Waals surface area (Å²) in [7, 11) is 0. The summed E-state index contributed by atoms with van der Waals surface area (Å²) in [5, 5.41) is 4.24. The predicted molar refractivity (Wildman–Crippen MR) is 85.3 cm³/mol. The first-order valence-electron chi connectivity index (χ1n) is 8.03. The Morgan fingerprint density at radius 1 is 1.33 bits per heavy atom. The first kappa shape index (κ1) is 16.8. The molecule has 1 aromatic carbocycles. The Labute approximate surface area is 139 Å². The molecule has 1 heterocycles. The monoisotopic (exact) mass is 334 g/mol. The zero-order chi connectivity index (χ0) is 17.2. The van der Waals surface area contributed by atoms with Gasteiger partial charge in [0.25, 0.3) is 0 Å². The minimum Gasteiger partial charge on any atom is -0.373 e. The van der Waals surface area contributed by atoms with Gasteiger partial charge in [-0.15, -0.1) is 0 Å². The Bertz CT molecular complexity index is 692. The smallest absolute Gasteiger partial charge is 0.248 e. The van der Waals surface area contributed by atoms with E-state index in [4.69, 9.17) is 4.74 Å². The number of hydrogen-bond donors (Lipinski definition) is 0. The van der Waals surface area contributed by atoms with Crippen LogP contribution in [0.1, 0.15) is 41.9 Å². The van der Waals surface area contributed by atoms with Crippen LogP contribution in [-0.4, -0.2) is 34.7 Å². The molecule has 0 unspecified atom stereocenters. The van der Waals surface area contributed by atoms with Crippen molar-refractivity contribution in [1.29, 1.82) is 0 Å². The van der Waals surface area contributed by atoms with Gasteiger partial charge in [-0.2, -0.15) is 5.10 Å². The Morgan fingerprint density at radius 3 is 2.71 bits per heavy atom. The van der Waals surface area contributed by atoms with E-state index in [1.165, 1.54) is 0 Å². The first-order valence-corrected chi connectivity index (χ1v) is 8.03. The van der Waals surface area contributed by atoms with E-state index in [0.717, 1.165) is 5.56 Å². The van der Waals surface area contributed by atoms with Crippen LogP contribution < -0.4 is 0 Å². The van der Waals surface area contributed by atoms with Crippen molar-refractivity contribution in [3.8, 4) is 0 Å². The normalized spacial score (nSPS) is 18.1. The van der Waals surface area contributed by atoms with Crippen molar-refractivity contribution in [2.45, 2.75) is 31.7 Å². The minimum atomic E-state index is -2.55. The van der Waals surface area contributed by atoms with Crippen molar-refractivity contribution in [2.75, 3.05) is 13.2 Å². The summed E-state index contributed by atoms with van der Waals surface area (Å²) in [6.07, 6.45) is 1.29. The number of hydrogen-bond acceptors (Lipinski definition) is 3. The number of ketones is 1. The molecular formula is C18H20F2N2O2. The zero-order valence-corrected chi connectivity index (χ0v) is 13.5. The summed E-state index contributed by atoms with van der Waals surface area (Å²) in [6, 6.07) is 11.3. The molecule has 2 aromatic rings. The molecule has 0 aliphatic heterocycles. The lowest BCUT2D eigenvalue weighted by Gasteiger charge is -2.34. The van der Waals surface area contributed by atoms with Gasteiger partial charge in [-0.3, -0.25) is 9.48 Å². The second kappa shape index (κ2) is 6.81. The molecule has 1 aromatic heterocycles. The van der Waals surface area contributed by atoms with Gasteiger partial charge in [0.15, 0.2) is 0 Å². The van der Waals surface area contributed by atoms with Crippen LogP contribution in [0.4, 0.5) is 8.78 Å². The maximum absolute atomic E-state index is 12.8. The molecule has 0 spiro atoms. The molecule has 1 fully saturated rings. The molecule has 0 N–H and O–H groups in total. The summed E-state index contributed by atoms with van der Waals surface area (Å²) in [5.74, 6) is -2.90. The zero-order valence-electron chi connectivity index (χ0n) is 13.5. The molecule has 0 bridgehead atoms. The largest absolute Gasteiger partial charge is 0.373 e. The van der Waals surface area contributed by atoms with Crippen LogP contribution in [0.15, 0.2) is 42.6 Å². The van der Waals surface area contributed by atoms with Gasteiger partial charge in [0.1, 0.15) is 12.3 Å². The highest BCUT2D eigenvalue weighted by molar-refractivity contribution is 5.95. The average Bonchev–Trinajstić information content (AvgIpc) is 3.02. The van der Waals surface area contributed by atoms with Crippen LogP contribution in [0.25, 0.3) is 0 Å². The van der Waals surface area contributed by atoms with Crippen LogP contribution in [0, 0.1) is 5.92 Å². The molecule has 3 rings (SSSR count). The summed E-state index contributed by atoms with van der Waals surface area (Å²) < 4.78 is 32.5. The van der Waals surface area contributed by atoms with Gasteiger partial charge in [0.05, 0.1) is 12.6 Å². The summed E-state index contributed by atoms with van der Waals surface area (Å²) in [4.78, 5) is 12.3. The highest BCUT2D eigenvalue weighted by atomic mass is 19.3. The molecule has 0 saturated heterocycles. The Kier molecular flexibility index (Phi) is 4.76. The van der Waals surface area contributed by atoms with Crippen LogP contribution in [0.5, 0.6) is 0 Å². The molecule has 1 atom stereocenters. The van der Waals surface area contributed by atoms with Gasteiger partial charge in [0, 0.05) is 19.0 Å². The fraction of sp³-hybridized carbons (Fsp3) is 0.444. The van der Waals surface area contributed by atoms with Gasteiger partial charge >= 0.3 is 0 Å². The Morgan fingerprint density at radius 2 is 2.04 bits per heavy atom. The third-order valence-corrected chi connectivity index (χ3v) is 4.37. The Balaban J connectivity index is 1.57. The topological polar surface area (TPSA) is 44.1 Å². The van der Waals surface area contributed by atoms with Crippen molar-refractivity contribution < 1.29 is 18.3 Å². The third kappa shape index (κ3) is 3.70. The molecule has 1 aliphatic carbocycles. The van der Waals surface area contributed by atoms with E-state index in [9.17, 15) is 13.6 Å². The van der Waals surface area contributed by atoms with Crippen LogP contribution in [-0.2, 0) is 4.74 Å². The first-order chi connectivity index (χ1) is 11.5. The molecule has 128 valence electrons. The van der Waals surface area contributed by atoms with E-state index in [0.29, 0.717) is 5.69 Å². The molecule has 24 heavy (non-hydrogen) atoms. The van der Waals surface area contributed by atoms with Gasteiger partial charge in [-0.05, 0) is 24.5 Å². The predicted octanol–water partition coefficient (Wildman–Crippen LogP) is 3.74. The maximum atomic E-state index is 12.8. The number of rotatable bonds is 7. The van der Waals surface area contributed by atoms with E-state index < -0.39 is 5.92 Å². The van der Waals surface area contributed by atoms with Crippen LogP contribution in [0.2, 0.25) is 0 Å². The number of benzene rings is 1. The number of nitrogens with zero attached hydrogens (tertiary/aromatic N) is 2. The molecule has 1 saturated carbocycles. The molecule has 0 amide bonds. The number of carbonyl (C=O) groups is 1. The van der Waals surface area contributed by atoms with Crippen LogP contribution in [0.3, 0.4) is 0 Å². The van der Waals surface area contributed by atoms with E-state index in [2.05, 4.69) is 5.10 Å². The minimum absolute atomic E-state index is 0.0783. The molecular weight excluding hydrogens is 314 g/mol. The van der Waals surface area contributed by atoms with Crippen molar-refractivity contribution in [3.63, 3.8) is 0 Å². The second-order valence-corrected chi connectivity index (χ2v) is 6.32. The summed E-state index contributed by atoms with van der Waals surface area (Å²) in [6.45, 7) is 2.05. The highest BCUT2D eigenvalue weighted by Gasteiger charge is 2.45. The highest BCUT2D eigenvalue weighted by Crippen LogP contribution is 2.42. The SMILES string of the molecule is C[C@H](c1ccccc1)n1nccc1C(=O)COCC1CC(F)(F)C1. The van der Waals surface area contributed by atoms with Gasteiger partial charge < -0.3 is 4.74 Å². The number of ether oxygens (including phenoxy) is 1. The third-order valence-electron chi connectivity index (χ3n) is 4.37. The van der Waals surface area contributed by atoms with E-state index in [1.807, 2.05) is 37.3 Å². The van der Waals surface area contributed by atoms with Gasteiger partial charge in [-0.25, -0.2) is 8.78 Å². The lowest BCUT2D eigenvalue weighted by Crippen LogP contribution is -2.38. The number of carbonyl (C=O) groups excluding carboxylic acids is 1. The fourth-order valence-corrected chi connectivity index (χ4v) is 3.01. The molecule has 6 heteroatoms. The number of Topliss-reactive ketones (excluding diaryl/α,β-unsaturated/α-hetero) is 1. The van der Waals surface area contributed by atoms with Crippen molar-refractivity contribution in [2.24, 2.45) is 5.92 Å². The van der Waals surface area contributed by atoms with Crippen molar-refractivity contribution in [1.82, 2.24) is 9.78 Å². The van der Waals surface area contributed by atoms with Crippen LogP contribution >= 0.6 is 0 Å². The quantitative estimate of drug-likeness (QED) is 0.725. The number of aromatic nitrogens is 2. The molecule has 1 aliphatic rings.